The first-order valence-electron chi connectivity index (χ1n) is 3.97. The summed E-state index contributed by atoms with van der Waals surface area (Å²) in [6.45, 7) is 0. The molecule has 0 aliphatic heterocycles. The van der Waals surface area contributed by atoms with Crippen molar-refractivity contribution in [2.75, 3.05) is 13.0 Å². The Morgan fingerprint density at radius 2 is 2.10 bits per heavy atom. The Morgan fingerprint density at radius 1 is 1.40 bits per heavy atom. The van der Waals surface area contributed by atoms with E-state index in [0.717, 1.165) is 5.88 Å². The van der Waals surface area contributed by atoms with E-state index in [4.69, 9.17) is 16.3 Å². The van der Waals surface area contributed by atoms with Gasteiger partial charge >= 0.3 is 0 Å². The van der Waals surface area contributed by atoms with Gasteiger partial charge in [-0.25, -0.2) is 0 Å². The summed E-state index contributed by atoms with van der Waals surface area (Å²) in [5.74, 6) is 1.37. The Kier molecular flexibility index (Phi) is 3.50. The second kappa shape index (κ2) is 4.20. The Balaban J connectivity index is 2.34. The van der Waals surface area contributed by atoms with E-state index in [1.165, 1.54) is 25.7 Å². The van der Waals surface area contributed by atoms with Crippen molar-refractivity contribution in [1.29, 1.82) is 0 Å². The predicted octanol–water partition coefficient (Wildman–Crippen LogP) is 2.43. The molecule has 1 fully saturated rings. The summed E-state index contributed by atoms with van der Waals surface area (Å²) in [6, 6.07) is 0. The van der Waals surface area contributed by atoms with Crippen LogP contribution in [0.4, 0.5) is 0 Å². The summed E-state index contributed by atoms with van der Waals surface area (Å²) >= 11 is 5.77. The normalized spacial score (nSPS) is 34.2. The molecule has 60 valence electrons. The van der Waals surface area contributed by atoms with Gasteiger partial charge in [-0.15, -0.1) is 11.6 Å². The van der Waals surface area contributed by atoms with Crippen molar-refractivity contribution in [3.63, 3.8) is 0 Å². The van der Waals surface area contributed by atoms with Crippen LogP contribution in [0.3, 0.4) is 0 Å². The zero-order valence-corrected chi connectivity index (χ0v) is 7.23. The number of alkyl halides is 1. The van der Waals surface area contributed by atoms with Crippen LogP contribution in [0, 0.1) is 5.92 Å². The van der Waals surface area contributed by atoms with E-state index in [1.54, 1.807) is 7.11 Å². The van der Waals surface area contributed by atoms with Crippen LogP contribution in [0.25, 0.3) is 0 Å². The van der Waals surface area contributed by atoms with E-state index in [2.05, 4.69) is 0 Å². The van der Waals surface area contributed by atoms with E-state index in [1.807, 2.05) is 0 Å². The number of halogens is 1. The highest BCUT2D eigenvalue weighted by atomic mass is 35.5. The van der Waals surface area contributed by atoms with Crippen LogP contribution in [0.1, 0.15) is 25.7 Å². The quantitative estimate of drug-likeness (QED) is 0.567. The van der Waals surface area contributed by atoms with Crippen LogP contribution >= 0.6 is 11.6 Å². The lowest BCUT2D eigenvalue weighted by atomic mass is 9.88. The lowest BCUT2D eigenvalue weighted by Gasteiger charge is -2.28. The molecule has 0 radical (unpaired) electrons. The minimum absolute atomic E-state index is 0.436. The minimum atomic E-state index is 0.436. The summed E-state index contributed by atoms with van der Waals surface area (Å²) in [5, 5.41) is 0. The van der Waals surface area contributed by atoms with Crippen molar-refractivity contribution in [2.24, 2.45) is 5.92 Å². The topological polar surface area (TPSA) is 9.23 Å². The zero-order valence-electron chi connectivity index (χ0n) is 6.48. The molecule has 0 aromatic rings. The average Bonchev–Trinajstić information content (AvgIpc) is 2.04. The van der Waals surface area contributed by atoms with Gasteiger partial charge in [-0.2, -0.15) is 0 Å². The van der Waals surface area contributed by atoms with Crippen molar-refractivity contribution in [3.8, 4) is 0 Å². The molecule has 1 rings (SSSR count). The zero-order chi connectivity index (χ0) is 7.40. The molecule has 1 aliphatic carbocycles. The molecule has 0 heterocycles. The number of hydrogen-bond donors (Lipinski definition) is 0. The molecule has 2 heteroatoms. The number of methoxy groups -OCH3 is 1. The Bertz CT molecular complexity index is 83.3. The second-order valence-corrected chi connectivity index (χ2v) is 3.28. The molecular formula is C8H15ClO. The van der Waals surface area contributed by atoms with E-state index < -0.39 is 0 Å². The standard InChI is InChI=1S/C8H15ClO/c1-10-8-5-3-2-4-7(8)6-9/h7-8H,2-6H2,1H3. The molecule has 10 heavy (non-hydrogen) atoms. The number of hydrogen-bond acceptors (Lipinski definition) is 1. The lowest BCUT2D eigenvalue weighted by Crippen LogP contribution is -2.27. The molecule has 0 N–H and O–H groups in total. The van der Waals surface area contributed by atoms with Crippen LogP contribution in [-0.2, 0) is 4.74 Å². The number of rotatable bonds is 2. The molecule has 2 atom stereocenters. The molecule has 0 amide bonds. The van der Waals surface area contributed by atoms with Gasteiger partial charge in [0.25, 0.3) is 0 Å². The van der Waals surface area contributed by atoms with E-state index in [-0.39, 0.29) is 0 Å². The summed E-state index contributed by atoms with van der Waals surface area (Å²) in [7, 11) is 1.79. The van der Waals surface area contributed by atoms with Crippen molar-refractivity contribution in [1.82, 2.24) is 0 Å². The fourth-order valence-electron chi connectivity index (χ4n) is 1.66. The van der Waals surface area contributed by atoms with Crippen LogP contribution in [0.2, 0.25) is 0 Å². The Morgan fingerprint density at radius 3 is 2.60 bits per heavy atom. The molecule has 0 bridgehead atoms. The number of ether oxygens (including phenoxy) is 1. The van der Waals surface area contributed by atoms with E-state index >= 15 is 0 Å². The van der Waals surface area contributed by atoms with Gasteiger partial charge in [0.2, 0.25) is 0 Å². The SMILES string of the molecule is COC1CCCCC1CCl. The van der Waals surface area contributed by atoms with Crippen molar-refractivity contribution >= 4 is 11.6 Å². The summed E-state index contributed by atoms with van der Waals surface area (Å²) in [6.07, 6.45) is 5.53. The Labute approximate surface area is 67.7 Å². The highest BCUT2D eigenvalue weighted by Crippen LogP contribution is 2.26. The third-order valence-corrected chi connectivity index (χ3v) is 2.74. The molecule has 0 saturated heterocycles. The van der Waals surface area contributed by atoms with Gasteiger partial charge in [0.1, 0.15) is 0 Å². The average molecular weight is 163 g/mol. The summed E-state index contributed by atoms with van der Waals surface area (Å²) < 4.78 is 5.31. The maximum Gasteiger partial charge on any atom is 0.0610 e. The smallest absolute Gasteiger partial charge is 0.0610 e. The third kappa shape index (κ3) is 1.86. The minimum Gasteiger partial charge on any atom is -0.381 e. The van der Waals surface area contributed by atoms with Crippen molar-refractivity contribution < 1.29 is 4.74 Å². The van der Waals surface area contributed by atoms with Gasteiger partial charge in [-0.3, -0.25) is 0 Å². The largest absolute Gasteiger partial charge is 0.381 e. The van der Waals surface area contributed by atoms with Gasteiger partial charge in [-0.05, 0) is 18.8 Å². The van der Waals surface area contributed by atoms with E-state index in [9.17, 15) is 0 Å². The van der Waals surface area contributed by atoms with Gasteiger partial charge in [-0.1, -0.05) is 12.8 Å². The van der Waals surface area contributed by atoms with Gasteiger partial charge < -0.3 is 4.74 Å². The first-order valence-corrected chi connectivity index (χ1v) is 4.50. The lowest BCUT2D eigenvalue weighted by molar-refractivity contribution is 0.0323. The highest BCUT2D eigenvalue weighted by Gasteiger charge is 2.23. The maximum absolute atomic E-state index is 5.77. The first-order chi connectivity index (χ1) is 4.88. The molecule has 0 aromatic carbocycles. The highest BCUT2D eigenvalue weighted by molar-refractivity contribution is 6.18. The molecule has 2 unspecified atom stereocenters. The molecular weight excluding hydrogens is 148 g/mol. The van der Waals surface area contributed by atoms with Gasteiger partial charge in [0.05, 0.1) is 6.10 Å². The van der Waals surface area contributed by atoms with Crippen LogP contribution in [-0.4, -0.2) is 19.1 Å². The van der Waals surface area contributed by atoms with Crippen molar-refractivity contribution in [2.45, 2.75) is 31.8 Å². The van der Waals surface area contributed by atoms with Crippen LogP contribution < -0.4 is 0 Å². The fourth-order valence-corrected chi connectivity index (χ4v) is 2.01. The van der Waals surface area contributed by atoms with E-state index in [0.29, 0.717) is 12.0 Å². The molecule has 0 spiro atoms. The Hall–Kier alpha value is 0.250. The monoisotopic (exact) mass is 162 g/mol. The van der Waals surface area contributed by atoms with Gasteiger partial charge in [0, 0.05) is 13.0 Å². The molecule has 1 aliphatic rings. The molecule has 1 nitrogen and oxygen atoms in total. The molecule has 0 aromatic heterocycles. The van der Waals surface area contributed by atoms with Crippen LogP contribution in [0.15, 0.2) is 0 Å². The second-order valence-electron chi connectivity index (χ2n) is 2.97. The summed E-state index contributed by atoms with van der Waals surface area (Å²) in [4.78, 5) is 0. The van der Waals surface area contributed by atoms with Gasteiger partial charge in [0.15, 0.2) is 0 Å². The fraction of sp³-hybridized carbons (Fsp3) is 1.00. The third-order valence-electron chi connectivity index (χ3n) is 2.34. The molecule has 1 saturated carbocycles. The predicted molar refractivity (Wildman–Crippen MR) is 43.5 cm³/mol. The first kappa shape index (κ1) is 8.35. The van der Waals surface area contributed by atoms with Crippen molar-refractivity contribution in [3.05, 3.63) is 0 Å². The maximum atomic E-state index is 5.77. The summed E-state index contributed by atoms with van der Waals surface area (Å²) in [5.41, 5.74) is 0. The van der Waals surface area contributed by atoms with Crippen LogP contribution in [0.5, 0.6) is 0 Å².